The van der Waals surface area contributed by atoms with E-state index in [9.17, 15) is 0 Å². The van der Waals surface area contributed by atoms with Gasteiger partial charge in [0.2, 0.25) is 0 Å². The highest BCUT2D eigenvalue weighted by molar-refractivity contribution is 5.85. The number of anilines is 1. The highest BCUT2D eigenvalue weighted by atomic mass is 16.5. The Hall–Kier alpha value is -1.54. The minimum atomic E-state index is 0.358. The van der Waals surface area contributed by atoms with Crippen LogP contribution in [0.1, 0.15) is 19.8 Å². The first-order valence-electron chi connectivity index (χ1n) is 6.70. The third-order valence-electron chi connectivity index (χ3n) is 3.67. The Morgan fingerprint density at radius 1 is 1.17 bits per heavy atom. The van der Waals surface area contributed by atoms with E-state index in [1.54, 1.807) is 0 Å². The second-order valence-corrected chi connectivity index (χ2v) is 5.05. The van der Waals surface area contributed by atoms with Gasteiger partial charge in [0.15, 0.2) is 0 Å². The van der Waals surface area contributed by atoms with Gasteiger partial charge in [0.1, 0.15) is 0 Å². The number of rotatable bonds is 3. The molecule has 94 valence electrons. The molecule has 3 rings (SSSR count). The van der Waals surface area contributed by atoms with E-state index in [1.165, 1.54) is 29.3 Å². The van der Waals surface area contributed by atoms with Gasteiger partial charge in [-0.15, -0.1) is 0 Å². The average Bonchev–Trinajstić information content (AvgIpc) is 2.92. The summed E-state index contributed by atoms with van der Waals surface area (Å²) in [7, 11) is 0. The number of nitrogens with one attached hydrogen (secondary N) is 1. The van der Waals surface area contributed by atoms with E-state index in [0.29, 0.717) is 12.1 Å². The van der Waals surface area contributed by atoms with Crippen LogP contribution in [-0.2, 0) is 4.74 Å². The summed E-state index contributed by atoms with van der Waals surface area (Å²) in [6.07, 6.45) is 2.72. The fourth-order valence-electron chi connectivity index (χ4n) is 2.63. The summed E-state index contributed by atoms with van der Waals surface area (Å²) in [5.41, 5.74) is 1.18. The molecule has 1 N–H and O–H groups in total. The molecule has 18 heavy (non-hydrogen) atoms. The van der Waals surface area contributed by atoms with Gasteiger partial charge in [0.25, 0.3) is 0 Å². The van der Waals surface area contributed by atoms with Crippen LogP contribution < -0.4 is 5.32 Å². The van der Waals surface area contributed by atoms with E-state index in [0.717, 1.165) is 6.61 Å². The SMILES string of the molecule is CC(Nc1ccc2ccccc2c1)C1CCCO1. The summed E-state index contributed by atoms with van der Waals surface area (Å²) in [5.74, 6) is 0. The normalized spacial score (nSPS) is 21.1. The van der Waals surface area contributed by atoms with E-state index in [2.05, 4.69) is 54.7 Å². The molecule has 0 saturated carbocycles. The molecular formula is C16H19NO. The van der Waals surface area contributed by atoms with Crippen molar-refractivity contribution in [2.45, 2.75) is 31.9 Å². The average molecular weight is 241 g/mol. The van der Waals surface area contributed by atoms with Crippen molar-refractivity contribution in [3.63, 3.8) is 0 Å². The van der Waals surface area contributed by atoms with Gasteiger partial charge in [-0.05, 0) is 42.7 Å². The van der Waals surface area contributed by atoms with Crippen LogP contribution in [0.3, 0.4) is 0 Å². The van der Waals surface area contributed by atoms with Crippen LogP contribution in [0.15, 0.2) is 42.5 Å². The van der Waals surface area contributed by atoms with Gasteiger partial charge in [0, 0.05) is 18.3 Å². The lowest BCUT2D eigenvalue weighted by atomic mass is 10.1. The first-order valence-corrected chi connectivity index (χ1v) is 6.70. The Bertz CT molecular complexity index is 531. The molecule has 2 nitrogen and oxygen atoms in total. The van der Waals surface area contributed by atoms with Crippen molar-refractivity contribution in [1.29, 1.82) is 0 Å². The second-order valence-electron chi connectivity index (χ2n) is 5.05. The monoisotopic (exact) mass is 241 g/mol. The maximum Gasteiger partial charge on any atom is 0.0774 e. The van der Waals surface area contributed by atoms with Crippen molar-refractivity contribution in [3.05, 3.63) is 42.5 Å². The molecule has 1 saturated heterocycles. The molecule has 2 atom stereocenters. The second kappa shape index (κ2) is 4.99. The van der Waals surface area contributed by atoms with Crippen molar-refractivity contribution in [1.82, 2.24) is 0 Å². The molecule has 0 bridgehead atoms. The smallest absolute Gasteiger partial charge is 0.0774 e. The van der Waals surface area contributed by atoms with E-state index >= 15 is 0 Å². The molecule has 1 fully saturated rings. The molecule has 1 heterocycles. The Morgan fingerprint density at radius 2 is 2.00 bits per heavy atom. The highest BCUT2D eigenvalue weighted by Crippen LogP contribution is 2.22. The lowest BCUT2D eigenvalue weighted by Crippen LogP contribution is -2.29. The maximum atomic E-state index is 5.71. The summed E-state index contributed by atoms with van der Waals surface area (Å²) >= 11 is 0. The number of fused-ring (bicyclic) bond motifs is 1. The van der Waals surface area contributed by atoms with E-state index < -0.39 is 0 Å². The van der Waals surface area contributed by atoms with Crippen molar-refractivity contribution in [2.75, 3.05) is 11.9 Å². The van der Waals surface area contributed by atoms with Crippen molar-refractivity contribution >= 4 is 16.5 Å². The van der Waals surface area contributed by atoms with Crippen LogP contribution in [0.2, 0.25) is 0 Å². The lowest BCUT2D eigenvalue weighted by molar-refractivity contribution is 0.0996. The first-order chi connectivity index (χ1) is 8.83. The minimum Gasteiger partial charge on any atom is -0.380 e. The van der Waals surface area contributed by atoms with E-state index in [-0.39, 0.29) is 0 Å². The van der Waals surface area contributed by atoms with Crippen LogP contribution in [0.4, 0.5) is 5.69 Å². The highest BCUT2D eigenvalue weighted by Gasteiger charge is 2.21. The zero-order chi connectivity index (χ0) is 12.4. The zero-order valence-electron chi connectivity index (χ0n) is 10.7. The number of ether oxygens (including phenoxy) is 1. The van der Waals surface area contributed by atoms with Crippen LogP contribution in [0.25, 0.3) is 10.8 Å². The summed E-state index contributed by atoms with van der Waals surface area (Å²) in [6.45, 7) is 3.11. The van der Waals surface area contributed by atoms with Gasteiger partial charge in [-0.25, -0.2) is 0 Å². The van der Waals surface area contributed by atoms with Crippen LogP contribution >= 0.6 is 0 Å². The molecule has 2 heteroatoms. The van der Waals surface area contributed by atoms with Gasteiger partial charge >= 0.3 is 0 Å². The van der Waals surface area contributed by atoms with Gasteiger partial charge in [-0.1, -0.05) is 30.3 Å². The van der Waals surface area contributed by atoms with Gasteiger partial charge < -0.3 is 10.1 Å². The largest absolute Gasteiger partial charge is 0.380 e. The van der Waals surface area contributed by atoms with Crippen molar-refractivity contribution in [3.8, 4) is 0 Å². The van der Waals surface area contributed by atoms with Crippen LogP contribution in [0.5, 0.6) is 0 Å². The van der Waals surface area contributed by atoms with E-state index in [1.807, 2.05) is 0 Å². The molecule has 1 aliphatic heterocycles. The fraction of sp³-hybridized carbons (Fsp3) is 0.375. The van der Waals surface area contributed by atoms with Crippen molar-refractivity contribution < 1.29 is 4.74 Å². The van der Waals surface area contributed by atoms with Gasteiger partial charge in [0.05, 0.1) is 6.10 Å². The minimum absolute atomic E-state index is 0.358. The summed E-state index contributed by atoms with van der Waals surface area (Å²) < 4.78 is 5.71. The molecule has 0 spiro atoms. The number of hydrogen-bond acceptors (Lipinski definition) is 2. The number of hydrogen-bond donors (Lipinski definition) is 1. The Balaban J connectivity index is 1.77. The fourth-order valence-corrected chi connectivity index (χ4v) is 2.63. The van der Waals surface area contributed by atoms with Crippen LogP contribution in [-0.4, -0.2) is 18.8 Å². The molecular weight excluding hydrogens is 222 g/mol. The predicted molar refractivity (Wildman–Crippen MR) is 76.0 cm³/mol. The molecule has 2 aromatic rings. The Morgan fingerprint density at radius 3 is 2.78 bits per heavy atom. The summed E-state index contributed by atoms with van der Waals surface area (Å²) in [5, 5.41) is 6.12. The number of benzene rings is 2. The third-order valence-corrected chi connectivity index (χ3v) is 3.67. The molecule has 2 aromatic carbocycles. The first kappa shape index (κ1) is 11.5. The van der Waals surface area contributed by atoms with E-state index in [4.69, 9.17) is 4.74 Å². The summed E-state index contributed by atoms with van der Waals surface area (Å²) in [4.78, 5) is 0. The standard InChI is InChI=1S/C16H19NO/c1-12(16-7-4-10-18-16)17-15-9-8-13-5-2-3-6-14(13)11-15/h2-3,5-6,8-9,11-12,16-17H,4,7,10H2,1H3. The molecule has 0 aromatic heterocycles. The molecule has 1 aliphatic rings. The Kier molecular flexibility index (Phi) is 3.20. The third kappa shape index (κ3) is 2.34. The maximum absolute atomic E-state index is 5.71. The molecule has 0 amide bonds. The van der Waals surface area contributed by atoms with Crippen molar-refractivity contribution in [2.24, 2.45) is 0 Å². The predicted octanol–water partition coefficient (Wildman–Crippen LogP) is 3.82. The molecule has 2 unspecified atom stereocenters. The Labute approximate surface area is 108 Å². The quantitative estimate of drug-likeness (QED) is 0.882. The lowest BCUT2D eigenvalue weighted by Gasteiger charge is -2.21. The summed E-state index contributed by atoms with van der Waals surface area (Å²) in [6, 6.07) is 15.3. The van der Waals surface area contributed by atoms with Gasteiger partial charge in [-0.2, -0.15) is 0 Å². The topological polar surface area (TPSA) is 21.3 Å². The van der Waals surface area contributed by atoms with Gasteiger partial charge in [-0.3, -0.25) is 0 Å². The molecule has 0 radical (unpaired) electrons. The zero-order valence-corrected chi connectivity index (χ0v) is 10.7. The van der Waals surface area contributed by atoms with Crippen LogP contribution in [0, 0.1) is 0 Å². The molecule has 0 aliphatic carbocycles.